The predicted octanol–water partition coefficient (Wildman–Crippen LogP) is 3.63. The quantitative estimate of drug-likeness (QED) is 0.754. The summed E-state index contributed by atoms with van der Waals surface area (Å²) < 4.78 is 22.5. The largest absolute Gasteiger partial charge is 0.493 e. The number of carbonyl (C=O) groups excluding carboxylic acids is 1. The van der Waals surface area contributed by atoms with Crippen molar-refractivity contribution in [1.29, 1.82) is 0 Å². The van der Waals surface area contributed by atoms with Crippen molar-refractivity contribution < 1.29 is 23.7 Å². The van der Waals surface area contributed by atoms with Crippen LogP contribution in [0.2, 0.25) is 10.0 Å². The highest BCUT2D eigenvalue weighted by molar-refractivity contribution is 6.38. The van der Waals surface area contributed by atoms with Crippen molar-refractivity contribution in [3.8, 4) is 11.5 Å². The highest BCUT2D eigenvalue weighted by Crippen LogP contribution is 2.51. The predicted molar refractivity (Wildman–Crippen MR) is 101 cm³/mol. The maximum Gasteiger partial charge on any atom is 0.292 e. The van der Waals surface area contributed by atoms with Gasteiger partial charge < -0.3 is 23.8 Å². The van der Waals surface area contributed by atoms with E-state index in [1.807, 2.05) is 12.1 Å². The molecule has 0 aromatic heterocycles. The van der Waals surface area contributed by atoms with Gasteiger partial charge in [0.15, 0.2) is 11.5 Å². The van der Waals surface area contributed by atoms with Gasteiger partial charge in [-0.15, -0.1) is 0 Å². The van der Waals surface area contributed by atoms with E-state index in [1.165, 1.54) is 4.90 Å². The van der Waals surface area contributed by atoms with E-state index in [1.54, 1.807) is 31.4 Å². The number of amides is 1. The van der Waals surface area contributed by atoms with E-state index in [9.17, 15) is 4.79 Å². The summed E-state index contributed by atoms with van der Waals surface area (Å²) in [5.74, 6) is -0.673. The molecule has 1 saturated heterocycles. The summed E-state index contributed by atoms with van der Waals surface area (Å²) in [5, 5.41) is 0.772. The SMILES string of the molecule is COc1ccccc1OCCN1C(=O)C2(OCCO2)c2c(Cl)ccc(Cl)c21. The summed E-state index contributed by atoms with van der Waals surface area (Å²) in [6, 6.07) is 10.6. The second-order valence-corrected chi connectivity index (χ2v) is 6.84. The molecule has 0 aliphatic carbocycles. The minimum absolute atomic E-state index is 0.227. The Morgan fingerprint density at radius 2 is 1.74 bits per heavy atom. The van der Waals surface area contributed by atoms with Gasteiger partial charge in [0.1, 0.15) is 6.61 Å². The minimum Gasteiger partial charge on any atom is -0.493 e. The molecule has 2 aromatic carbocycles. The van der Waals surface area contributed by atoms with Crippen LogP contribution in [0.4, 0.5) is 5.69 Å². The van der Waals surface area contributed by atoms with Crippen LogP contribution in [0.3, 0.4) is 0 Å². The fourth-order valence-electron chi connectivity index (χ4n) is 3.38. The van der Waals surface area contributed by atoms with Crippen molar-refractivity contribution in [3.05, 3.63) is 52.0 Å². The zero-order valence-corrected chi connectivity index (χ0v) is 16.0. The van der Waals surface area contributed by atoms with Crippen molar-refractivity contribution in [2.75, 3.05) is 38.4 Å². The third-order valence-corrected chi connectivity index (χ3v) is 5.16. The number of benzene rings is 2. The number of methoxy groups -OCH3 is 1. The van der Waals surface area contributed by atoms with Gasteiger partial charge in [0.25, 0.3) is 11.7 Å². The van der Waals surface area contributed by atoms with Gasteiger partial charge in [-0.1, -0.05) is 35.3 Å². The van der Waals surface area contributed by atoms with E-state index in [0.717, 1.165) is 0 Å². The van der Waals surface area contributed by atoms with Gasteiger partial charge in [0.2, 0.25) is 0 Å². The van der Waals surface area contributed by atoms with Gasteiger partial charge in [-0.2, -0.15) is 0 Å². The van der Waals surface area contributed by atoms with Crippen LogP contribution in [0.1, 0.15) is 5.56 Å². The highest BCUT2D eigenvalue weighted by atomic mass is 35.5. The molecule has 2 aromatic rings. The van der Waals surface area contributed by atoms with E-state index in [-0.39, 0.29) is 19.1 Å². The van der Waals surface area contributed by atoms with Gasteiger partial charge >= 0.3 is 0 Å². The zero-order valence-electron chi connectivity index (χ0n) is 14.5. The topological polar surface area (TPSA) is 57.2 Å². The molecule has 1 fully saturated rings. The second-order valence-electron chi connectivity index (χ2n) is 6.02. The number of fused-ring (bicyclic) bond motifs is 2. The molecule has 0 unspecified atom stereocenters. The number of nitrogens with zero attached hydrogens (tertiary/aromatic N) is 1. The first-order valence-electron chi connectivity index (χ1n) is 8.42. The standard InChI is InChI=1S/C19H17Cl2NO5/c1-24-14-4-2-3-5-15(14)25-9-8-22-17-13(21)7-6-12(20)16(17)19(18(22)23)26-10-11-27-19/h2-7H,8-11H2,1H3. The molecule has 4 rings (SSSR count). The lowest BCUT2D eigenvalue weighted by Crippen LogP contribution is -2.42. The average molecular weight is 410 g/mol. The number of hydrogen-bond donors (Lipinski definition) is 0. The smallest absolute Gasteiger partial charge is 0.292 e. The van der Waals surface area contributed by atoms with E-state index in [0.29, 0.717) is 46.0 Å². The molecule has 27 heavy (non-hydrogen) atoms. The maximum absolute atomic E-state index is 13.1. The van der Waals surface area contributed by atoms with Gasteiger partial charge in [-0.25, -0.2) is 0 Å². The molecule has 1 amide bonds. The van der Waals surface area contributed by atoms with Gasteiger partial charge in [0, 0.05) is 0 Å². The second kappa shape index (κ2) is 7.20. The van der Waals surface area contributed by atoms with Crippen LogP contribution < -0.4 is 14.4 Å². The maximum atomic E-state index is 13.1. The summed E-state index contributed by atoms with van der Waals surface area (Å²) >= 11 is 12.7. The number of hydrogen-bond acceptors (Lipinski definition) is 5. The molecule has 6 nitrogen and oxygen atoms in total. The molecule has 0 bridgehead atoms. The molecule has 8 heteroatoms. The Kier molecular flexibility index (Phi) is 4.90. The molecule has 0 saturated carbocycles. The van der Waals surface area contributed by atoms with Crippen LogP contribution in [-0.4, -0.2) is 39.4 Å². The summed E-state index contributed by atoms with van der Waals surface area (Å²) in [4.78, 5) is 14.6. The summed E-state index contributed by atoms with van der Waals surface area (Å²) in [6.45, 7) is 1.09. The van der Waals surface area contributed by atoms with Crippen molar-refractivity contribution >= 4 is 34.8 Å². The third-order valence-electron chi connectivity index (χ3n) is 4.54. The van der Waals surface area contributed by atoms with Crippen LogP contribution in [0.15, 0.2) is 36.4 Å². The number of carbonyl (C=O) groups is 1. The van der Waals surface area contributed by atoms with Gasteiger partial charge in [-0.3, -0.25) is 4.79 Å². The normalized spacial score (nSPS) is 17.4. The Hall–Kier alpha value is -1.99. The lowest BCUT2D eigenvalue weighted by atomic mass is 10.1. The molecule has 0 N–H and O–H groups in total. The number of rotatable bonds is 5. The van der Waals surface area contributed by atoms with Crippen LogP contribution in [0.25, 0.3) is 0 Å². The Bertz CT molecular complexity index is 882. The highest BCUT2D eigenvalue weighted by Gasteiger charge is 2.57. The molecular weight excluding hydrogens is 393 g/mol. The number of ether oxygens (including phenoxy) is 4. The van der Waals surface area contributed by atoms with Crippen LogP contribution in [0, 0.1) is 0 Å². The lowest BCUT2D eigenvalue weighted by molar-refractivity contribution is -0.180. The molecule has 2 aliphatic rings. The molecule has 0 radical (unpaired) electrons. The number of para-hydroxylation sites is 2. The van der Waals surface area contributed by atoms with E-state index in [2.05, 4.69) is 0 Å². The first-order valence-corrected chi connectivity index (χ1v) is 9.18. The third kappa shape index (κ3) is 2.93. The Morgan fingerprint density at radius 1 is 1.07 bits per heavy atom. The van der Waals surface area contributed by atoms with Crippen molar-refractivity contribution in [2.45, 2.75) is 5.79 Å². The average Bonchev–Trinajstić information content (AvgIpc) is 3.26. The van der Waals surface area contributed by atoms with E-state index < -0.39 is 5.79 Å². The van der Waals surface area contributed by atoms with Crippen molar-refractivity contribution in [3.63, 3.8) is 0 Å². The summed E-state index contributed by atoms with van der Waals surface area (Å²) in [7, 11) is 1.57. The molecule has 1 spiro atoms. The molecule has 2 aliphatic heterocycles. The zero-order chi connectivity index (χ0) is 19.0. The minimum atomic E-state index is -1.53. The molecule has 2 heterocycles. The number of anilines is 1. The molecule has 142 valence electrons. The van der Waals surface area contributed by atoms with Gasteiger partial charge in [-0.05, 0) is 24.3 Å². The number of halogens is 2. The van der Waals surface area contributed by atoms with E-state index in [4.69, 9.17) is 42.1 Å². The van der Waals surface area contributed by atoms with Crippen LogP contribution >= 0.6 is 23.2 Å². The fraction of sp³-hybridized carbons (Fsp3) is 0.316. The monoisotopic (exact) mass is 409 g/mol. The van der Waals surface area contributed by atoms with Crippen LogP contribution in [-0.2, 0) is 20.1 Å². The molecular formula is C19H17Cl2NO5. The summed E-state index contributed by atoms with van der Waals surface area (Å²) in [6.07, 6.45) is 0. The molecule has 0 atom stereocenters. The van der Waals surface area contributed by atoms with Crippen molar-refractivity contribution in [1.82, 2.24) is 0 Å². The van der Waals surface area contributed by atoms with Crippen LogP contribution in [0.5, 0.6) is 11.5 Å². The Balaban J connectivity index is 1.61. The first-order chi connectivity index (χ1) is 13.1. The van der Waals surface area contributed by atoms with E-state index >= 15 is 0 Å². The lowest BCUT2D eigenvalue weighted by Gasteiger charge is -2.22. The summed E-state index contributed by atoms with van der Waals surface area (Å²) in [5.41, 5.74) is 0.955. The fourth-order valence-corrected chi connectivity index (χ4v) is 3.92. The first kappa shape index (κ1) is 18.4. The Morgan fingerprint density at radius 3 is 2.44 bits per heavy atom. The van der Waals surface area contributed by atoms with Crippen molar-refractivity contribution in [2.24, 2.45) is 0 Å². The Labute approximate surface area is 166 Å². The van der Waals surface area contributed by atoms with Gasteiger partial charge in [0.05, 0.1) is 48.2 Å².